The Balaban J connectivity index is 2.71. The van der Waals surface area contributed by atoms with E-state index in [1.807, 2.05) is 12.3 Å². The van der Waals surface area contributed by atoms with Crippen molar-refractivity contribution >= 4 is 10.9 Å². The third-order valence-corrected chi connectivity index (χ3v) is 2.43. The van der Waals surface area contributed by atoms with E-state index in [0.29, 0.717) is 12.2 Å². The Morgan fingerprint density at radius 1 is 1.50 bits per heavy atom. The number of methoxy groups -OCH3 is 1. The van der Waals surface area contributed by atoms with Gasteiger partial charge in [0.2, 0.25) is 0 Å². The van der Waals surface area contributed by atoms with E-state index in [1.165, 1.54) is 6.07 Å². The first-order valence-electron chi connectivity index (χ1n) is 4.48. The minimum atomic E-state index is -0.177. The number of aromatic nitrogens is 1. The molecule has 0 atom stereocenters. The van der Waals surface area contributed by atoms with Crippen LogP contribution in [-0.2, 0) is 11.3 Å². The summed E-state index contributed by atoms with van der Waals surface area (Å²) in [6.07, 6.45) is 1.82. The van der Waals surface area contributed by atoms with Crippen LogP contribution in [-0.4, -0.2) is 12.1 Å². The molecule has 14 heavy (non-hydrogen) atoms. The molecule has 0 bridgehead atoms. The Morgan fingerprint density at radius 2 is 2.29 bits per heavy atom. The number of hydrogen-bond donors (Lipinski definition) is 1. The molecular weight excluding hydrogens is 181 g/mol. The Labute approximate surface area is 81.7 Å². The van der Waals surface area contributed by atoms with Crippen molar-refractivity contribution in [1.82, 2.24) is 4.98 Å². The number of benzene rings is 1. The second-order valence-corrected chi connectivity index (χ2v) is 3.34. The number of nitrogens with one attached hydrogen (secondary N) is 1. The van der Waals surface area contributed by atoms with Gasteiger partial charge < -0.3 is 9.72 Å². The SMILES string of the molecule is COCc1cc(F)c(C)c2cc[nH]c12. The Bertz CT molecular complexity index is 462. The molecule has 2 aromatic rings. The topological polar surface area (TPSA) is 25.0 Å². The molecule has 0 amide bonds. The van der Waals surface area contributed by atoms with Gasteiger partial charge in [0.05, 0.1) is 12.1 Å². The van der Waals surface area contributed by atoms with Gasteiger partial charge in [-0.25, -0.2) is 4.39 Å². The molecule has 0 saturated heterocycles. The zero-order valence-corrected chi connectivity index (χ0v) is 8.23. The van der Waals surface area contributed by atoms with Crippen LogP contribution in [0.1, 0.15) is 11.1 Å². The van der Waals surface area contributed by atoms with Gasteiger partial charge in [0.15, 0.2) is 0 Å². The van der Waals surface area contributed by atoms with E-state index < -0.39 is 0 Å². The largest absolute Gasteiger partial charge is 0.380 e. The van der Waals surface area contributed by atoms with Gasteiger partial charge in [-0.15, -0.1) is 0 Å². The van der Waals surface area contributed by atoms with Crippen LogP contribution in [0.5, 0.6) is 0 Å². The molecule has 2 rings (SSSR count). The van der Waals surface area contributed by atoms with Crippen LogP contribution in [0, 0.1) is 12.7 Å². The molecule has 0 radical (unpaired) electrons. The van der Waals surface area contributed by atoms with Crippen molar-refractivity contribution < 1.29 is 9.13 Å². The quantitative estimate of drug-likeness (QED) is 0.779. The molecule has 1 aromatic carbocycles. The number of hydrogen-bond acceptors (Lipinski definition) is 1. The van der Waals surface area contributed by atoms with Gasteiger partial charge in [-0.3, -0.25) is 0 Å². The number of rotatable bonds is 2. The zero-order chi connectivity index (χ0) is 10.1. The van der Waals surface area contributed by atoms with Gasteiger partial charge in [0.1, 0.15) is 5.82 Å². The van der Waals surface area contributed by atoms with E-state index in [1.54, 1.807) is 14.0 Å². The summed E-state index contributed by atoms with van der Waals surface area (Å²) in [4.78, 5) is 3.09. The molecule has 2 nitrogen and oxygen atoms in total. The highest BCUT2D eigenvalue weighted by molar-refractivity contribution is 5.85. The monoisotopic (exact) mass is 193 g/mol. The van der Waals surface area contributed by atoms with Crippen molar-refractivity contribution in [1.29, 1.82) is 0 Å². The van der Waals surface area contributed by atoms with E-state index in [-0.39, 0.29) is 5.82 Å². The maximum Gasteiger partial charge on any atom is 0.127 e. The van der Waals surface area contributed by atoms with E-state index in [2.05, 4.69) is 4.98 Å². The van der Waals surface area contributed by atoms with Gasteiger partial charge in [-0.1, -0.05) is 0 Å². The number of halogens is 1. The van der Waals surface area contributed by atoms with Crippen molar-refractivity contribution in [3.05, 3.63) is 35.3 Å². The van der Waals surface area contributed by atoms with Gasteiger partial charge in [-0.05, 0) is 24.6 Å². The van der Waals surface area contributed by atoms with Crippen LogP contribution >= 0.6 is 0 Å². The minimum Gasteiger partial charge on any atom is -0.380 e. The maximum absolute atomic E-state index is 13.4. The smallest absolute Gasteiger partial charge is 0.127 e. The maximum atomic E-state index is 13.4. The highest BCUT2D eigenvalue weighted by atomic mass is 19.1. The van der Waals surface area contributed by atoms with E-state index >= 15 is 0 Å². The first-order chi connectivity index (χ1) is 6.74. The summed E-state index contributed by atoms with van der Waals surface area (Å²) in [6.45, 7) is 2.20. The molecule has 1 heterocycles. The second kappa shape index (κ2) is 3.42. The molecule has 1 N–H and O–H groups in total. The Kier molecular flexibility index (Phi) is 2.25. The molecule has 0 fully saturated rings. The number of fused-ring (bicyclic) bond motifs is 1. The molecule has 1 aromatic heterocycles. The molecule has 0 aliphatic heterocycles. The molecule has 0 unspecified atom stereocenters. The molecule has 74 valence electrons. The summed E-state index contributed by atoms with van der Waals surface area (Å²) in [5.41, 5.74) is 2.50. The molecule has 3 heteroatoms. The minimum absolute atomic E-state index is 0.177. The van der Waals surface area contributed by atoms with Gasteiger partial charge in [-0.2, -0.15) is 0 Å². The molecule has 0 spiro atoms. The standard InChI is InChI=1S/C11H12FNO/c1-7-9-3-4-13-11(9)8(6-14-2)5-10(7)12/h3-5,13H,6H2,1-2H3. The molecule has 0 saturated carbocycles. The van der Waals surface area contributed by atoms with Crippen LogP contribution in [0.25, 0.3) is 10.9 Å². The summed E-state index contributed by atoms with van der Waals surface area (Å²) in [5, 5.41) is 0.928. The zero-order valence-electron chi connectivity index (χ0n) is 8.23. The van der Waals surface area contributed by atoms with Crippen molar-refractivity contribution in [3.8, 4) is 0 Å². The highest BCUT2D eigenvalue weighted by Gasteiger charge is 2.09. The lowest BCUT2D eigenvalue weighted by atomic mass is 10.1. The summed E-state index contributed by atoms with van der Waals surface area (Å²) >= 11 is 0. The van der Waals surface area contributed by atoms with Gasteiger partial charge >= 0.3 is 0 Å². The van der Waals surface area contributed by atoms with Crippen LogP contribution < -0.4 is 0 Å². The third kappa shape index (κ3) is 1.30. The lowest BCUT2D eigenvalue weighted by Gasteiger charge is -2.05. The summed E-state index contributed by atoms with van der Waals surface area (Å²) < 4.78 is 18.5. The first kappa shape index (κ1) is 9.21. The van der Waals surface area contributed by atoms with E-state index in [4.69, 9.17) is 4.74 Å². The van der Waals surface area contributed by atoms with Crippen LogP contribution in [0.4, 0.5) is 4.39 Å². The number of aryl methyl sites for hydroxylation is 1. The van der Waals surface area contributed by atoms with Crippen LogP contribution in [0.2, 0.25) is 0 Å². The normalized spacial score (nSPS) is 11.1. The Morgan fingerprint density at radius 3 is 3.00 bits per heavy atom. The predicted molar refractivity (Wildman–Crippen MR) is 53.7 cm³/mol. The molecule has 0 aliphatic rings. The number of ether oxygens (including phenoxy) is 1. The van der Waals surface area contributed by atoms with Crippen molar-refractivity contribution in [2.24, 2.45) is 0 Å². The average Bonchev–Trinajstić information content (AvgIpc) is 2.63. The van der Waals surface area contributed by atoms with Gasteiger partial charge in [0.25, 0.3) is 0 Å². The Hall–Kier alpha value is -1.35. The number of H-pyrrole nitrogens is 1. The van der Waals surface area contributed by atoms with Crippen molar-refractivity contribution in [3.63, 3.8) is 0 Å². The summed E-state index contributed by atoms with van der Waals surface area (Å²) in [5.74, 6) is -0.177. The number of aromatic amines is 1. The van der Waals surface area contributed by atoms with Crippen molar-refractivity contribution in [2.75, 3.05) is 7.11 Å². The molecular formula is C11H12FNO. The average molecular weight is 193 g/mol. The third-order valence-electron chi connectivity index (χ3n) is 2.43. The van der Waals surface area contributed by atoms with Gasteiger partial charge in [0, 0.05) is 24.3 Å². The second-order valence-electron chi connectivity index (χ2n) is 3.34. The first-order valence-corrected chi connectivity index (χ1v) is 4.48. The fourth-order valence-corrected chi connectivity index (χ4v) is 1.68. The van der Waals surface area contributed by atoms with E-state index in [9.17, 15) is 4.39 Å². The lowest BCUT2D eigenvalue weighted by Crippen LogP contribution is -1.93. The fourth-order valence-electron chi connectivity index (χ4n) is 1.68. The summed E-state index contributed by atoms with van der Waals surface area (Å²) in [7, 11) is 1.60. The van der Waals surface area contributed by atoms with Crippen molar-refractivity contribution in [2.45, 2.75) is 13.5 Å². The fraction of sp³-hybridized carbons (Fsp3) is 0.273. The lowest BCUT2D eigenvalue weighted by molar-refractivity contribution is 0.185. The summed E-state index contributed by atoms with van der Waals surface area (Å²) in [6, 6.07) is 3.41. The highest BCUT2D eigenvalue weighted by Crippen LogP contribution is 2.24. The molecule has 0 aliphatic carbocycles. The van der Waals surface area contributed by atoms with E-state index in [0.717, 1.165) is 16.5 Å². The van der Waals surface area contributed by atoms with Crippen LogP contribution in [0.15, 0.2) is 18.3 Å². The van der Waals surface area contributed by atoms with Crippen LogP contribution in [0.3, 0.4) is 0 Å². The predicted octanol–water partition coefficient (Wildman–Crippen LogP) is 2.76.